The first-order chi connectivity index (χ1) is 14.4. The zero-order valence-electron chi connectivity index (χ0n) is 18.1. The van der Waals surface area contributed by atoms with E-state index in [1.165, 1.54) is 11.3 Å². The lowest BCUT2D eigenvalue weighted by Gasteiger charge is -2.26. The molecule has 0 radical (unpaired) electrons. The van der Waals surface area contributed by atoms with Crippen LogP contribution in [0.5, 0.6) is 5.75 Å². The van der Waals surface area contributed by atoms with E-state index in [1.807, 2.05) is 37.5 Å². The van der Waals surface area contributed by atoms with E-state index in [2.05, 4.69) is 35.9 Å². The molecular formula is C24H31N3O3. The molecule has 2 aliphatic rings. The van der Waals surface area contributed by atoms with Gasteiger partial charge in [0.1, 0.15) is 5.75 Å². The molecule has 3 heterocycles. The highest BCUT2D eigenvalue weighted by Gasteiger charge is 2.35. The molecule has 0 N–H and O–H groups in total. The number of aromatic nitrogens is 1. The normalized spacial score (nSPS) is 18.2. The maximum atomic E-state index is 12.6. The molecule has 1 aromatic heterocycles. The highest BCUT2D eigenvalue weighted by Crippen LogP contribution is 2.42. The number of rotatable bonds is 5. The van der Waals surface area contributed by atoms with E-state index < -0.39 is 0 Å². The largest absolute Gasteiger partial charge is 0.414 e. The molecule has 2 aliphatic heterocycles. The number of carbonyl (C=O) groups is 1. The van der Waals surface area contributed by atoms with Crippen molar-refractivity contribution in [2.75, 3.05) is 38.3 Å². The topological polar surface area (TPSA) is 54.9 Å². The Morgan fingerprint density at radius 3 is 2.80 bits per heavy atom. The van der Waals surface area contributed by atoms with Gasteiger partial charge in [-0.2, -0.15) is 0 Å². The van der Waals surface area contributed by atoms with Crippen molar-refractivity contribution in [2.24, 2.45) is 5.92 Å². The van der Waals surface area contributed by atoms with E-state index in [0.29, 0.717) is 18.2 Å². The van der Waals surface area contributed by atoms with Gasteiger partial charge in [-0.3, -0.25) is 4.98 Å². The molecule has 1 fully saturated rings. The number of hydrogen-bond acceptors (Lipinski definition) is 5. The van der Waals surface area contributed by atoms with Crippen molar-refractivity contribution in [3.05, 3.63) is 53.9 Å². The van der Waals surface area contributed by atoms with E-state index >= 15 is 0 Å². The molecule has 6 heteroatoms. The van der Waals surface area contributed by atoms with Gasteiger partial charge in [-0.1, -0.05) is 19.9 Å². The van der Waals surface area contributed by atoms with E-state index in [1.54, 1.807) is 4.90 Å². The zero-order valence-corrected chi connectivity index (χ0v) is 18.1. The second kappa shape index (κ2) is 8.64. The second-order valence-corrected chi connectivity index (χ2v) is 9.04. The predicted molar refractivity (Wildman–Crippen MR) is 117 cm³/mol. The minimum atomic E-state index is -0.303. The van der Waals surface area contributed by atoms with Crippen LogP contribution in [0.25, 0.3) is 0 Å². The molecule has 0 bridgehead atoms. The quantitative estimate of drug-likeness (QED) is 0.739. The van der Waals surface area contributed by atoms with Crippen molar-refractivity contribution in [3.8, 4) is 5.75 Å². The van der Waals surface area contributed by atoms with Crippen LogP contribution in [-0.2, 0) is 16.7 Å². The average Bonchev–Trinajstić information content (AvgIpc) is 2.99. The number of benzene rings is 1. The van der Waals surface area contributed by atoms with Crippen LogP contribution in [0.1, 0.15) is 37.9 Å². The highest BCUT2D eigenvalue weighted by atomic mass is 16.6. The summed E-state index contributed by atoms with van der Waals surface area (Å²) in [6.07, 6.45) is 3.52. The molecule has 0 unspecified atom stereocenters. The number of fused-ring (bicyclic) bond motifs is 1. The lowest BCUT2D eigenvalue weighted by atomic mass is 9.87. The molecule has 0 saturated carbocycles. The van der Waals surface area contributed by atoms with Gasteiger partial charge in [0.2, 0.25) is 0 Å². The average molecular weight is 410 g/mol. The van der Waals surface area contributed by atoms with Gasteiger partial charge >= 0.3 is 6.09 Å². The van der Waals surface area contributed by atoms with Crippen molar-refractivity contribution >= 4 is 11.8 Å². The molecule has 1 saturated heterocycles. The number of ether oxygens (including phenoxy) is 2. The summed E-state index contributed by atoms with van der Waals surface area (Å²) in [6, 6.07) is 12.0. The van der Waals surface area contributed by atoms with E-state index in [9.17, 15) is 4.79 Å². The lowest BCUT2D eigenvalue weighted by molar-refractivity contribution is 0.0559. The maximum absolute atomic E-state index is 12.6. The molecule has 1 amide bonds. The summed E-state index contributed by atoms with van der Waals surface area (Å²) in [5, 5.41) is 0. The van der Waals surface area contributed by atoms with Crippen molar-refractivity contribution in [2.45, 2.75) is 38.6 Å². The zero-order chi connectivity index (χ0) is 21.1. The summed E-state index contributed by atoms with van der Waals surface area (Å²) in [4.78, 5) is 21.1. The summed E-state index contributed by atoms with van der Waals surface area (Å²) in [5.41, 5.74) is 3.41. The van der Waals surface area contributed by atoms with Crippen molar-refractivity contribution in [1.29, 1.82) is 0 Å². The Morgan fingerprint density at radius 2 is 2.07 bits per heavy atom. The van der Waals surface area contributed by atoms with Crippen molar-refractivity contribution in [3.63, 3.8) is 0 Å². The number of nitrogens with zero attached hydrogens (tertiary/aromatic N) is 3. The minimum Gasteiger partial charge on any atom is -0.410 e. The number of hydrogen-bond donors (Lipinski definition) is 0. The van der Waals surface area contributed by atoms with Crippen LogP contribution >= 0.6 is 0 Å². The van der Waals surface area contributed by atoms with Gasteiger partial charge in [0.25, 0.3) is 0 Å². The molecule has 0 aliphatic carbocycles. The number of amides is 1. The smallest absolute Gasteiger partial charge is 0.410 e. The minimum absolute atomic E-state index is 0.0273. The summed E-state index contributed by atoms with van der Waals surface area (Å²) in [7, 11) is 1.81. The summed E-state index contributed by atoms with van der Waals surface area (Å²) in [5.74, 6) is 1.08. The number of anilines is 1. The van der Waals surface area contributed by atoms with Crippen molar-refractivity contribution < 1.29 is 14.3 Å². The molecule has 160 valence electrons. The third-order valence-corrected chi connectivity index (χ3v) is 6.09. The SMILES string of the molecule is CN(CC1CCOCC1)C(=O)Oc1ccc2c(c1)C(C)(C)CN2Cc1ccccn1. The Bertz CT molecular complexity index is 879. The molecule has 30 heavy (non-hydrogen) atoms. The number of carbonyl (C=O) groups excluding carboxylic acids is 1. The van der Waals surface area contributed by atoms with Crippen LogP contribution in [0.3, 0.4) is 0 Å². The summed E-state index contributed by atoms with van der Waals surface area (Å²) >= 11 is 0. The maximum Gasteiger partial charge on any atom is 0.414 e. The Balaban J connectivity index is 1.44. The summed E-state index contributed by atoms with van der Waals surface area (Å²) < 4.78 is 11.1. The Hall–Kier alpha value is -2.60. The van der Waals surface area contributed by atoms with Crippen LogP contribution in [0.2, 0.25) is 0 Å². The van der Waals surface area contributed by atoms with Crippen LogP contribution < -0.4 is 9.64 Å². The Kier molecular flexibility index (Phi) is 5.95. The van der Waals surface area contributed by atoms with Gasteiger partial charge in [0, 0.05) is 50.7 Å². The highest BCUT2D eigenvalue weighted by molar-refractivity contribution is 5.72. The fourth-order valence-corrected chi connectivity index (χ4v) is 4.44. The van der Waals surface area contributed by atoms with Gasteiger partial charge < -0.3 is 19.3 Å². The molecule has 6 nitrogen and oxygen atoms in total. The standard InChI is InChI=1S/C24H31N3O3/c1-24(2)17-27(16-19-6-4-5-11-25-19)22-8-7-20(14-21(22)24)30-23(28)26(3)15-18-9-12-29-13-10-18/h4-8,11,14,18H,9-10,12-13,15-17H2,1-3H3. The molecule has 0 atom stereocenters. The van der Waals surface area contributed by atoms with Crippen molar-refractivity contribution in [1.82, 2.24) is 9.88 Å². The number of pyridine rings is 1. The molecule has 4 rings (SSSR count). The Morgan fingerprint density at radius 1 is 1.27 bits per heavy atom. The van der Waals surface area contributed by atoms with Gasteiger partial charge in [-0.15, -0.1) is 0 Å². The van der Waals surface area contributed by atoms with Crippen LogP contribution in [0.15, 0.2) is 42.6 Å². The van der Waals surface area contributed by atoms with Crippen LogP contribution in [0, 0.1) is 5.92 Å². The first kappa shape index (κ1) is 20.7. The van der Waals surface area contributed by atoms with Gasteiger partial charge in [-0.05, 0) is 54.7 Å². The molecule has 0 spiro atoms. The Labute approximate surface area is 178 Å². The third kappa shape index (κ3) is 4.59. The van der Waals surface area contributed by atoms with Gasteiger partial charge in [-0.25, -0.2) is 4.79 Å². The first-order valence-electron chi connectivity index (χ1n) is 10.7. The first-order valence-corrected chi connectivity index (χ1v) is 10.7. The van der Waals surface area contributed by atoms with E-state index in [4.69, 9.17) is 9.47 Å². The summed E-state index contributed by atoms with van der Waals surface area (Å²) in [6.45, 7) is 8.39. The molecular weight excluding hydrogens is 378 g/mol. The monoisotopic (exact) mass is 409 g/mol. The van der Waals surface area contributed by atoms with Crippen LogP contribution in [-0.4, -0.2) is 49.3 Å². The fraction of sp³-hybridized carbons (Fsp3) is 0.500. The second-order valence-electron chi connectivity index (χ2n) is 9.04. The predicted octanol–water partition coefficient (Wildman–Crippen LogP) is 4.24. The van der Waals surface area contributed by atoms with Crippen LogP contribution in [0.4, 0.5) is 10.5 Å². The fourth-order valence-electron chi connectivity index (χ4n) is 4.44. The third-order valence-electron chi connectivity index (χ3n) is 6.09. The van der Waals surface area contributed by atoms with Gasteiger partial charge in [0.15, 0.2) is 0 Å². The molecule has 2 aromatic rings. The molecule has 1 aromatic carbocycles. The van der Waals surface area contributed by atoms with E-state index in [0.717, 1.165) is 44.8 Å². The van der Waals surface area contributed by atoms with Gasteiger partial charge in [0.05, 0.1) is 12.2 Å². The van der Waals surface area contributed by atoms with E-state index in [-0.39, 0.29) is 11.5 Å². The lowest BCUT2D eigenvalue weighted by Crippen LogP contribution is -2.36.